The third-order valence-electron chi connectivity index (χ3n) is 3.70. The molecule has 7 nitrogen and oxygen atoms in total. The van der Waals surface area contributed by atoms with Gasteiger partial charge in [-0.15, -0.1) is 13.2 Å². The fourth-order valence-corrected chi connectivity index (χ4v) is 2.80. The van der Waals surface area contributed by atoms with E-state index in [2.05, 4.69) is 19.7 Å². The molecule has 0 saturated carbocycles. The number of hydrogen-bond acceptors (Lipinski definition) is 6. The normalized spacial score (nSPS) is 11.3. The van der Waals surface area contributed by atoms with Crippen molar-refractivity contribution in [1.82, 2.24) is 15.0 Å². The molecule has 0 aliphatic carbocycles. The van der Waals surface area contributed by atoms with Gasteiger partial charge < -0.3 is 20.2 Å². The Labute approximate surface area is 167 Å². The molecule has 0 saturated heterocycles. The van der Waals surface area contributed by atoms with Crippen molar-refractivity contribution in [2.24, 2.45) is 0 Å². The number of nitrogens with one attached hydrogen (secondary N) is 1. The maximum Gasteiger partial charge on any atom is 0.573 e. The first-order chi connectivity index (χ1) is 13.7. The first-order valence-corrected chi connectivity index (χ1v) is 8.60. The lowest BCUT2D eigenvalue weighted by Gasteiger charge is -2.12. The highest BCUT2D eigenvalue weighted by molar-refractivity contribution is 6.33. The maximum atomic E-state index is 12.6. The van der Waals surface area contributed by atoms with Crippen LogP contribution >= 0.6 is 11.6 Å². The molecule has 29 heavy (non-hydrogen) atoms. The van der Waals surface area contributed by atoms with Gasteiger partial charge in [0.2, 0.25) is 5.95 Å². The predicted molar refractivity (Wildman–Crippen MR) is 99.3 cm³/mol. The van der Waals surface area contributed by atoms with Gasteiger partial charge in [-0.05, 0) is 37.3 Å². The van der Waals surface area contributed by atoms with Crippen molar-refractivity contribution in [3.63, 3.8) is 0 Å². The molecule has 0 bridgehead atoms. The van der Waals surface area contributed by atoms with Crippen molar-refractivity contribution in [1.29, 1.82) is 0 Å². The number of H-pyrrole nitrogens is 1. The Morgan fingerprint density at radius 2 is 2.03 bits per heavy atom. The van der Waals surface area contributed by atoms with Crippen molar-refractivity contribution >= 4 is 23.5 Å². The molecule has 3 N–H and O–H groups in total. The minimum absolute atomic E-state index is 0.00921. The van der Waals surface area contributed by atoms with Crippen LogP contribution in [0.1, 0.15) is 17.3 Å². The van der Waals surface area contributed by atoms with E-state index < -0.39 is 18.1 Å². The number of aromatic amines is 1. The number of ether oxygens (including phenoxy) is 2. The van der Waals surface area contributed by atoms with Gasteiger partial charge in [-0.2, -0.15) is 0 Å². The Morgan fingerprint density at radius 1 is 1.28 bits per heavy atom. The molecule has 0 aliphatic rings. The van der Waals surface area contributed by atoms with Crippen LogP contribution in [0.2, 0.25) is 5.02 Å². The second-order valence-corrected chi connectivity index (χ2v) is 6.09. The molecule has 0 radical (unpaired) electrons. The molecule has 1 aromatic carbocycles. The lowest BCUT2D eigenvalue weighted by Crippen LogP contribution is -2.17. The number of carbonyl (C=O) groups is 1. The van der Waals surface area contributed by atoms with Gasteiger partial charge in [0.15, 0.2) is 0 Å². The highest BCUT2D eigenvalue weighted by Gasteiger charge is 2.31. The quantitative estimate of drug-likeness (QED) is 0.584. The number of anilines is 1. The Bertz CT molecular complexity index is 1050. The van der Waals surface area contributed by atoms with E-state index in [1.807, 2.05) is 0 Å². The van der Waals surface area contributed by atoms with Crippen LogP contribution in [0.25, 0.3) is 22.6 Å². The molecule has 0 amide bonds. The SMILES string of the molecule is CCOC(=O)c1cc(-c2ccnc(N)n2)[nH]c1-c1cc(OC(F)(F)F)ccc1Cl. The van der Waals surface area contributed by atoms with Crippen LogP contribution in [0.4, 0.5) is 19.1 Å². The summed E-state index contributed by atoms with van der Waals surface area (Å²) in [5.41, 5.74) is 6.65. The predicted octanol–water partition coefficient (Wildman–Crippen LogP) is 4.45. The molecule has 0 unspecified atom stereocenters. The third-order valence-corrected chi connectivity index (χ3v) is 4.03. The average Bonchev–Trinajstić information content (AvgIpc) is 3.08. The van der Waals surface area contributed by atoms with Crippen molar-refractivity contribution in [2.45, 2.75) is 13.3 Å². The Hall–Kier alpha value is -3.27. The molecule has 152 valence electrons. The van der Waals surface area contributed by atoms with Crippen molar-refractivity contribution in [3.8, 4) is 28.4 Å². The molecule has 3 rings (SSSR count). The van der Waals surface area contributed by atoms with Crippen LogP contribution < -0.4 is 10.5 Å². The van der Waals surface area contributed by atoms with Gasteiger partial charge in [0.1, 0.15) is 5.75 Å². The summed E-state index contributed by atoms with van der Waals surface area (Å²) in [5, 5.41) is 0.0978. The van der Waals surface area contributed by atoms with Gasteiger partial charge in [-0.3, -0.25) is 0 Å². The van der Waals surface area contributed by atoms with Crippen LogP contribution in [0, 0.1) is 0 Å². The van der Waals surface area contributed by atoms with Gasteiger partial charge in [0.25, 0.3) is 0 Å². The zero-order valence-electron chi connectivity index (χ0n) is 14.9. The number of nitrogens with zero attached hydrogens (tertiary/aromatic N) is 2. The number of esters is 1. The summed E-state index contributed by atoms with van der Waals surface area (Å²) in [6.07, 6.45) is -3.46. The number of alkyl halides is 3. The van der Waals surface area contributed by atoms with E-state index in [0.29, 0.717) is 11.4 Å². The second kappa shape index (κ2) is 8.00. The first kappa shape index (κ1) is 20.5. The number of rotatable bonds is 5. The van der Waals surface area contributed by atoms with Crippen molar-refractivity contribution in [2.75, 3.05) is 12.3 Å². The largest absolute Gasteiger partial charge is 0.573 e. The van der Waals surface area contributed by atoms with E-state index in [1.54, 1.807) is 13.0 Å². The number of aromatic nitrogens is 3. The average molecular weight is 427 g/mol. The molecule has 0 aliphatic heterocycles. The van der Waals surface area contributed by atoms with Gasteiger partial charge in [0, 0.05) is 11.8 Å². The minimum atomic E-state index is -4.88. The molecular formula is C18H14ClF3N4O3. The zero-order valence-corrected chi connectivity index (χ0v) is 15.6. The smallest absolute Gasteiger partial charge is 0.462 e. The molecule has 0 atom stereocenters. The Balaban J connectivity index is 2.15. The zero-order chi connectivity index (χ0) is 21.2. The highest BCUT2D eigenvalue weighted by Crippen LogP contribution is 2.37. The summed E-state index contributed by atoms with van der Waals surface area (Å²) in [7, 11) is 0. The van der Waals surface area contributed by atoms with E-state index in [-0.39, 0.29) is 34.4 Å². The number of nitrogen functional groups attached to an aromatic ring is 1. The molecule has 3 aromatic rings. The van der Waals surface area contributed by atoms with E-state index in [4.69, 9.17) is 22.1 Å². The summed E-state index contributed by atoms with van der Waals surface area (Å²) < 4.78 is 46.7. The first-order valence-electron chi connectivity index (χ1n) is 8.22. The molecule has 0 spiro atoms. The topological polar surface area (TPSA) is 103 Å². The third kappa shape index (κ3) is 4.77. The van der Waals surface area contributed by atoms with E-state index >= 15 is 0 Å². The summed E-state index contributed by atoms with van der Waals surface area (Å²) in [4.78, 5) is 23.2. The number of carbonyl (C=O) groups excluding carboxylic acids is 1. The van der Waals surface area contributed by atoms with Gasteiger partial charge >= 0.3 is 12.3 Å². The van der Waals surface area contributed by atoms with Gasteiger partial charge in [-0.1, -0.05) is 11.6 Å². The number of benzene rings is 1. The van der Waals surface area contributed by atoms with Crippen LogP contribution in [0.3, 0.4) is 0 Å². The molecule has 2 aromatic heterocycles. The number of halogens is 4. The van der Waals surface area contributed by atoms with Crippen LogP contribution in [0.15, 0.2) is 36.5 Å². The fraction of sp³-hybridized carbons (Fsp3) is 0.167. The molecule has 2 heterocycles. The fourth-order valence-electron chi connectivity index (χ4n) is 2.59. The van der Waals surface area contributed by atoms with E-state index in [1.165, 1.54) is 18.3 Å². The van der Waals surface area contributed by atoms with E-state index in [0.717, 1.165) is 12.1 Å². The Morgan fingerprint density at radius 3 is 2.69 bits per heavy atom. The van der Waals surface area contributed by atoms with Crippen LogP contribution in [-0.2, 0) is 4.74 Å². The van der Waals surface area contributed by atoms with Gasteiger partial charge in [0.05, 0.1) is 34.3 Å². The van der Waals surface area contributed by atoms with Crippen molar-refractivity contribution < 1.29 is 27.4 Å². The van der Waals surface area contributed by atoms with E-state index in [9.17, 15) is 18.0 Å². The summed E-state index contributed by atoms with van der Waals surface area (Å²) in [5.74, 6) is -1.17. The number of nitrogens with two attached hydrogens (primary N) is 1. The van der Waals surface area contributed by atoms with Gasteiger partial charge in [-0.25, -0.2) is 14.8 Å². The lowest BCUT2D eigenvalue weighted by molar-refractivity contribution is -0.274. The summed E-state index contributed by atoms with van der Waals surface area (Å²) >= 11 is 6.18. The summed E-state index contributed by atoms with van der Waals surface area (Å²) in [6.45, 7) is 1.73. The molecule has 0 fully saturated rings. The highest BCUT2D eigenvalue weighted by atomic mass is 35.5. The summed E-state index contributed by atoms with van der Waals surface area (Å²) in [6, 6.07) is 6.37. The van der Waals surface area contributed by atoms with Crippen LogP contribution in [-0.4, -0.2) is 33.9 Å². The lowest BCUT2D eigenvalue weighted by atomic mass is 10.1. The van der Waals surface area contributed by atoms with Crippen molar-refractivity contribution in [3.05, 3.63) is 47.1 Å². The molecule has 11 heteroatoms. The van der Waals surface area contributed by atoms with Crippen LogP contribution in [0.5, 0.6) is 5.75 Å². The monoisotopic (exact) mass is 426 g/mol. The number of hydrogen-bond donors (Lipinski definition) is 2. The molecular weight excluding hydrogens is 413 g/mol. The second-order valence-electron chi connectivity index (χ2n) is 5.68. The minimum Gasteiger partial charge on any atom is -0.462 e. The Kier molecular flexibility index (Phi) is 5.64. The standard InChI is InChI=1S/C18H14ClF3N4O3/c1-2-28-16(27)11-8-14(13-5-6-24-17(23)26-13)25-15(11)10-7-9(3-4-12(10)19)29-18(20,21)22/h3-8,25H,2H2,1H3,(H2,23,24,26). The maximum absolute atomic E-state index is 12.6.